The molecule has 3 aromatic rings. The molecular formula is C19H13FN2OS. The first kappa shape index (κ1) is 15.0. The van der Waals surface area contributed by atoms with Crippen LogP contribution in [0.2, 0.25) is 0 Å². The summed E-state index contributed by atoms with van der Waals surface area (Å²) in [4.78, 5) is 5.45. The lowest BCUT2D eigenvalue weighted by Gasteiger charge is -2.07. The second kappa shape index (κ2) is 5.82. The molecule has 2 aromatic carbocycles. The van der Waals surface area contributed by atoms with Crippen molar-refractivity contribution < 1.29 is 9.50 Å². The zero-order valence-corrected chi connectivity index (χ0v) is 13.5. The molecule has 118 valence electrons. The van der Waals surface area contributed by atoms with Gasteiger partial charge in [-0.3, -0.25) is 0 Å². The lowest BCUT2D eigenvalue weighted by Crippen LogP contribution is -1.90. The monoisotopic (exact) mass is 336 g/mol. The van der Waals surface area contributed by atoms with Crippen molar-refractivity contribution in [3.63, 3.8) is 0 Å². The Balaban J connectivity index is 1.76. The summed E-state index contributed by atoms with van der Waals surface area (Å²) in [7, 11) is 0. The van der Waals surface area contributed by atoms with Crippen molar-refractivity contribution in [3.05, 3.63) is 65.1 Å². The van der Waals surface area contributed by atoms with Gasteiger partial charge < -0.3 is 5.11 Å². The molecule has 0 fully saturated rings. The molecule has 3 nitrogen and oxygen atoms in total. The lowest BCUT2D eigenvalue weighted by atomic mass is 10.0. The standard InChI is InChI=1S/C19H13FN2OS/c20-16-6-4-11(8-12(16)9-21)19-22-10-18(24-19)15-3-1-2-14-13(15)5-7-17(14)23/h1-4,6,8,10,17,23H,5,7H2/t17-/m1/s1. The number of aliphatic hydroxyl groups excluding tert-OH is 1. The summed E-state index contributed by atoms with van der Waals surface area (Å²) in [5.74, 6) is -0.520. The van der Waals surface area contributed by atoms with E-state index in [1.54, 1.807) is 12.3 Å². The van der Waals surface area contributed by atoms with Gasteiger partial charge in [0.15, 0.2) is 0 Å². The van der Waals surface area contributed by atoms with Gasteiger partial charge in [0.05, 0.1) is 16.5 Å². The molecule has 0 amide bonds. The lowest BCUT2D eigenvalue weighted by molar-refractivity contribution is 0.180. The summed E-state index contributed by atoms with van der Waals surface area (Å²) < 4.78 is 13.5. The first-order valence-corrected chi connectivity index (χ1v) is 8.45. The molecule has 1 aromatic heterocycles. The van der Waals surface area contributed by atoms with E-state index in [1.807, 2.05) is 24.3 Å². The van der Waals surface area contributed by atoms with Crippen LogP contribution in [0.1, 0.15) is 29.2 Å². The summed E-state index contributed by atoms with van der Waals surface area (Å²) in [6.45, 7) is 0. The number of thiazole rings is 1. The minimum Gasteiger partial charge on any atom is -0.388 e. The van der Waals surface area contributed by atoms with Crippen LogP contribution >= 0.6 is 11.3 Å². The van der Waals surface area contributed by atoms with Crippen molar-refractivity contribution >= 4 is 11.3 Å². The van der Waals surface area contributed by atoms with Crippen molar-refractivity contribution in [2.45, 2.75) is 18.9 Å². The van der Waals surface area contributed by atoms with Crippen molar-refractivity contribution in [2.24, 2.45) is 0 Å². The zero-order chi connectivity index (χ0) is 16.7. The van der Waals surface area contributed by atoms with E-state index in [-0.39, 0.29) is 11.7 Å². The van der Waals surface area contributed by atoms with E-state index in [0.29, 0.717) is 0 Å². The van der Waals surface area contributed by atoms with E-state index in [9.17, 15) is 9.50 Å². The molecule has 0 saturated heterocycles. The van der Waals surface area contributed by atoms with E-state index in [0.717, 1.165) is 39.4 Å². The Labute approximate surface area is 142 Å². The normalized spacial score (nSPS) is 16.0. The molecule has 1 atom stereocenters. The third-order valence-electron chi connectivity index (χ3n) is 4.34. The van der Waals surface area contributed by atoms with Crippen LogP contribution in [-0.2, 0) is 6.42 Å². The molecule has 0 unspecified atom stereocenters. The molecule has 0 saturated carbocycles. The maximum atomic E-state index is 13.5. The average molecular weight is 336 g/mol. The minimum absolute atomic E-state index is 0.0213. The van der Waals surface area contributed by atoms with Crippen LogP contribution in [0.5, 0.6) is 0 Å². The molecule has 0 spiro atoms. The summed E-state index contributed by atoms with van der Waals surface area (Å²) in [5, 5.41) is 19.8. The third kappa shape index (κ3) is 2.41. The maximum absolute atomic E-state index is 13.5. The number of nitriles is 1. The van der Waals surface area contributed by atoms with Gasteiger partial charge in [0, 0.05) is 11.8 Å². The average Bonchev–Trinajstić information content (AvgIpc) is 3.23. The second-order valence-electron chi connectivity index (χ2n) is 5.76. The maximum Gasteiger partial charge on any atom is 0.140 e. The van der Waals surface area contributed by atoms with Crippen molar-refractivity contribution in [2.75, 3.05) is 0 Å². The second-order valence-corrected chi connectivity index (χ2v) is 6.79. The number of hydrogen-bond donors (Lipinski definition) is 1. The van der Waals surface area contributed by atoms with Gasteiger partial charge in [-0.25, -0.2) is 9.37 Å². The van der Waals surface area contributed by atoms with Crippen LogP contribution in [0.3, 0.4) is 0 Å². The highest BCUT2D eigenvalue weighted by atomic mass is 32.1. The van der Waals surface area contributed by atoms with E-state index in [2.05, 4.69) is 4.98 Å². The van der Waals surface area contributed by atoms with Crippen LogP contribution in [0.25, 0.3) is 21.0 Å². The molecular weight excluding hydrogens is 323 g/mol. The molecule has 0 bridgehead atoms. The summed E-state index contributed by atoms with van der Waals surface area (Å²) in [6.07, 6.45) is 3.02. The molecule has 0 radical (unpaired) electrons. The molecule has 1 aliphatic rings. The number of rotatable bonds is 2. The number of nitrogens with zero attached hydrogens (tertiary/aromatic N) is 2. The fourth-order valence-corrected chi connectivity index (χ4v) is 4.10. The summed E-state index contributed by atoms with van der Waals surface area (Å²) in [5.41, 5.74) is 4.02. The van der Waals surface area contributed by atoms with Crippen LogP contribution in [-0.4, -0.2) is 10.1 Å². The Hall–Kier alpha value is -2.55. The van der Waals surface area contributed by atoms with Gasteiger partial charge in [0.2, 0.25) is 0 Å². The highest BCUT2D eigenvalue weighted by Gasteiger charge is 2.23. The quantitative estimate of drug-likeness (QED) is 0.751. The molecule has 1 aliphatic carbocycles. The van der Waals surface area contributed by atoms with E-state index in [4.69, 9.17) is 5.26 Å². The molecule has 24 heavy (non-hydrogen) atoms. The van der Waals surface area contributed by atoms with Gasteiger partial charge in [0.1, 0.15) is 16.9 Å². The molecule has 1 heterocycles. The first-order chi connectivity index (χ1) is 11.7. The topological polar surface area (TPSA) is 56.9 Å². The van der Waals surface area contributed by atoms with Gasteiger partial charge in [-0.05, 0) is 47.7 Å². The number of halogens is 1. The van der Waals surface area contributed by atoms with Gasteiger partial charge in [-0.1, -0.05) is 18.2 Å². The van der Waals surface area contributed by atoms with E-state index < -0.39 is 5.82 Å². The van der Waals surface area contributed by atoms with Crippen LogP contribution in [0.15, 0.2) is 42.6 Å². The van der Waals surface area contributed by atoms with E-state index >= 15 is 0 Å². The highest BCUT2D eigenvalue weighted by Crippen LogP contribution is 2.40. The Morgan fingerprint density at radius 3 is 3.00 bits per heavy atom. The Morgan fingerprint density at radius 2 is 2.17 bits per heavy atom. The van der Waals surface area contributed by atoms with Crippen LogP contribution in [0, 0.1) is 17.1 Å². The molecule has 5 heteroatoms. The van der Waals surface area contributed by atoms with Crippen molar-refractivity contribution in [3.8, 4) is 27.1 Å². The van der Waals surface area contributed by atoms with Crippen LogP contribution < -0.4 is 0 Å². The fourth-order valence-electron chi connectivity index (χ4n) is 3.14. The number of benzene rings is 2. The predicted molar refractivity (Wildman–Crippen MR) is 90.9 cm³/mol. The van der Waals surface area contributed by atoms with Gasteiger partial charge in [-0.2, -0.15) is 5.26 Å². The number of hydrogen-bond acceptors (Lipinski definition) is 4. The summed E-state index contributed by atoms with van der Waals surface area (Å²) >= 11 is 1.51. The summed E-state index contributed by atoms with van der Waals surface area (Å²) in [6, 6.07) is 12.3. The number of fused-ring (bicyclic) bond motifs is 1. The Bertz CT molecular complexity index is 974. The van der Waals surface area contributed by atoms with Gasteiger partial charge in [0.25, 0.3) is 0 Å². The largest absolute Gasteiger partial charge is 0.388 e. The minimum atomic E-state index is -0.520. The smallest absolute Gasteiger partial charge is 0.140 e. The number of aromatic nitrogens is 1. The van der Waals surface area contributed by atoms with E-state index in [1.165, 1.54) is 29.0 Å². The van der Waals surface area contributed by atoms with Crippen molar-refractivity contribution in [1.29, 1.82) is 5.26 Å². The Morgan fingerprint density at radius 1 is 1.29 bits per heavy atom. The Kier molecular flexibility index (Phi) is 3.64. The SMILES string of the molecule is N#Cc1cc(-c2ncc(-c3cccc4c3CC[C@H]4O)s2)ccc1F. The predicted octanol–water partition coefficient (Wildman–Crippen LogP) is 4.47. The third-order valence-corrected chi connectivity index (χ3v) is 5.42. The van der Waals surface area contributed by atoms with Crippen molar-refractivity contribution in [1.82, 2.24) is 4.98 Å². The highest BCUT2D eigenvalue weighted by molar-refractivity contribution is 7.18. The molecule has 0 aliphatic heterocycles. The molecule has 1 N–H and O–H groups in total. The first-order valence-electron chi connectivity index (χ1n) is 7.63. The van der Waals surface area contributed by atoms with Gasteiger partial charge in [-0.15, -0.1) is 11.3 Å². The molecule has 4 rings (SSSR count). The number of aliphatic hydroxyl groups is 1. The van der Waals surface area contributed by atoms with Crippen LogP contribution in [0.4, 0.5) is 4.39 Å². The fraction of sp³-hybridized carbons (Fsp3) is 0.158. The zero-order valence-electron chi connectivity index (χ0n) is 12.7. The van der Waals surface area contributed by atoms with Gasteiger partial charge >= 0.3 is 0 Å².